The quantitative estimate of drug-likeness (QED) is 0.699. The molecule has 2 aromatic rings. The zero-order valence-corrected chi connectivity index (χ0v) is 17.4. The number of ether oxygens (including phenoxy) is 1. The highest BCUT2D eigenvalue weighted by Crippen LogP contribution is 2.27. The number of nitrogens with zero attached hydrogens (tertiary/aromatic N) is 3. The Morgan fingerprint density at radius 1 is 1.07 bits per heavy atom. The second kappa shape index (κ2) is 9.22. The lowest BCUT2D eigenvalue weighted by molar-refractivity contribution is -0.147. The van der Waals surface area contributed by atoms with E-state index in [-0.39, 0.29) is 31.3 Å². The van der Waals surface area contributed by atoms with Crippen molar-refractivity contribution in [3.63, 3.8) is 0 Å². The molecule has 0 radical (unpaired) electrons. The number of aryl methyl sites for hydroxylation is 1. The first kappa shape index (κ1) is 21.0. The lowest BCUT2D eigenvalue weighted by atomic mass is 10.1. The number of carbonyl (C=O) groups excluding carboxylic acids is 3. The fraction of sp³-hybridized carbons (Fsp3) is 0.429. The Bertz CT molecular complexity index is 939. The summed E-state index contributed by atoms with van der Waals surface area (Å²) in [6, 6.07) is 7.64. The number of benzene rings is 1. The number of pyridine rings is 1. The van der Waals surface area contributed by atoms with Crippen molar-refractivity contribution in [3.05, 3.63) is 40.5 Å². The van der Waals surface area contributed by atoms with Crippen molar-refractivity contribution < 1.29 is 19.1 Å². The summed E-state index contributed by atoms with van der Waals surface area (Å²) in [6.45, 7) is 5.42. The van der Waals surface area contributed by atoms with Crippen LogP contribution in [0.2, 0.25) is 5.02 Å². The highest BCUT2D eigenvalue weighted by molar-refractivity contribution is 6.32. The third-order valence-electron chi connectivity index (χ3n) is 5.14. The molecule has 0 bridgehead atoms. The van der Waals surface area contributed by atoms with E-state index in [4.69, 9.17) is 16.3 Å². The van der Waals surface area contributed by atoms with Gasteiger partial charge in [0.05, 0.1) is 22.7 Å². The minimum Gasteiger partial charge on any atom is -0.459 e. The van der Waals surface area contributed by atoms with Crippen LogP contribution in [0.1, 0.15) is 31.0 Å². The van der Waals surface area contributed by atoms with Crippen molar-refractivity contribution in [3.8, 4) is 0 Å². The van der Waals surface area contributed by atoms with E-state index in [0.717, 1.165) is 16.5 Å². The van der Waals surface area contributed by atoms with Crippen molar-refractivity contribution in [2.75, 3.05) is 26.2 Å². The van der Waals surface area contributed by atoms with Gasteiger partial charge in [0.25, 0.3) is 0 Å². The molecular weight excluding hydrogens is 394 g/mol. The molecule has 1 aromatic carbocycles. The standard InChI is InChI=1S/C21H24ClN3O4/c1-14-16-5-3-4-6-17(16)23-18(21(14)22)13-29-20(28)8-7-19(27)25-11-9-24(10-12-25)15(2)26/h3-6H,7-13H2,1-2H3. The lowest BCUT2D eigenvalue weighted by Gasteiger charge is -2.34. The Labute approximate surface area is 174 Å². The third-order valence-corrected chi connectivity index (χ3v) is 5.64. The van der Waals surface area contributed by atoms with Crippen LogP contribution in [0.25, 0.3) is 10.9 Å². The average molecular weight is 418 g/mol. The van der Waals surface area contributed by atoms with E-state index in [2.05, 4.69) is 4.98 Å². The van der Waals surface area contributed by atoms with E-state index < -0.39 is 5.97 Å². The largest absolute Gasteiger partial charge is 0.459 e. The zero-order chi connectivity index (χ0) is 21.0. The molecule has 0 aliphatic carbocycles. The Kier molecular flexibility index (Phi) is 6.69. The summed E-state index contributed by atoms with van der Waals surface area (Å²) < 4.78 is 5.29. The van der Waals surface area contributed by atoms with Crippen LogP contribution in [0.5, 0.6) is 0 Å². The number of para-hydroxylation sites is 1. The van der Waals surface area contributed by atoms with Crippen molar-refractivity contribution >= 4 is 40.3 Å². The molecule has 1 fully saturated rings. The van der Waals surface area contributed by atoms with Crippen LogP contribution in [-0.2, 0) is 25.7 Å². The molecule has 0 unspecified atom stereocenters. The van der Waals surface area contributed by atoms with Crippen molar-refractivity contribution in [2.45, 2.75) is 33.3 Å². The molecule has 0 atom stereocenters. The molecule has 8 heteroatoms. The number of carbonyl (C=O) groups is 3. The summed E-state index contributed by atoms with van der Waals surface area (Å²) in [5, 5.41) is 1.44. The maximum absolute atomic E-state index is 12.3. The van der Waals surface area contributed by atoms with Crippen molar-refractivity contribution in [1.29, 1.82) is 0 Å². The molecule has 2 heterocycles. The fourth-order valence-electron chi connectivity index (χ4n) is 3.37. The van der Waals surface area contributed by atoms with Gasteiger partial charge in [-0.05, 0) is 18.6 Å². The molecule has 154 valence electrons. The van der Waals surface area contributed by atoms with Gasteiger partial charge in [-0.15, -0.1) is 0 Å². The fourth-order valence-corrected chi connectivity index (χ4v) is 3.57. The molecule has 0 saturated carbocycles. The van der Waals surface area contributed by atoms with E-state index in [1.165, 1.54) is 6.92 Å². The van der Waals surface area contributed by atoms with Crippen LogP contribution in [0, 0.1) is 6.92 Å². The average Bonchev–Trinajstić information content (AvgIpc) is 2.73. The van der Waals surface area contributed by atoms with E-state index in [1.807, 2.05) is 31.2 Å². The number of fused-ring (bicyclic) bond motifs is 1. The van der Waals surface area contributed by atoms with Crippen LogP contribution in [0.15, 0.2) is 24.3 Å². The number of rotatable bonds is 5. The third kappa shape index (κ3) is 5.03. The molecule has 1 aliphatic heterocycles. The highest BCUT2D eigenvalue weighted by atomic mass is 35.5. The predicted molar refractivity (Wildman–Crippen MR) is 109 cm³/mol. The maximum atomic E-state index is 12.3. The topological polar surface area (TPSA) is 79.8 Å². The molecule has 2 amide bonds. The Balaban J connectivity index is 1.49. The Morgan fingerprint density at radius 2 is 1.72 bits per heavy atom. The van der Waals surface area contributed by atoms with Crippen molar-refractivity contribution in [2.24, 2.45) is 0 Å². The van der Waals surface area contributed by atoms with Gasteiger partial charge in [-0.1, -0.05) is 29.8 Å². The predicted octanol–water partition coefficient (Wildman–Crippen LogP) is 2.71. The molecule has 1 aliphatic rings. The van der Waals surface area contributed by atoms with Gasteiger partial charge in [0.15, 0.2) is 0 Å². The molecule has 0 spiro atoms. The summed E-state index contributed by atoms with van der Waals surface area (Å²) in [7, 11) is 0. The number of hydrogen-bond donors (Lipinski definition) is 0. The summed E-state index contributed by atoms with van der Waals surface area (Å²) in [5.74, 6) is -0.566. The second-order valence-electron chi connectivity index (χ2n) is 7.06. The number of amides is 2. The monoisotopic (exact) mass is 417 g/mol. The number of piperazine rings is 1. The van der Waals surface area contributed by atoms with Gasteiger partial charge < -0.3 is 14.5 Å². The Morgan fingerprint density at radius 3 is 2.41 bits per heavy atom. The summed E-state index contributed by atoms with van der Waals surface area (Å²) >= 11 is 6.38. The van der Waals surface area contributed by atoms with Crippen LogP contribution >= 0.6 is 11.6 Å². The van der Waals surface area contributed by atoms with Gasteiger partial charge >= 0.3 is 5.97 Å². The molecule has 29 heavy (non-hydrogen) atoms. The summed E-state index contributed by atoms with van der Waals surface area (Å²) in [6.07, 6.45) is 0.0761. The molecular formula is C21H24ClN3O4. The number of esters is 1. The van der Waals surface area contributed by atoms with E-state index in [1.54, 1.807) is 9.80 Å². The SMILES string of the molecule is CC(=O)N1CCN(C(=O)CCC(=O)OCc2nc3ccccc3c(C)c2Cl)CC1. The molecule has 7 nitrogen and oxygen atoms in total. The van der Waals surface area contributed by atoms with Gasteiger partial charge in [-0.25, -0.2) is 4.98 Å². The minimum absolute atomic E-state index is 0.00403. The van der Waals surface area contributed by atoms with Crippen LogP contribution < -0.4 is 0 Å². The number of hydrogen-bond acceptors (Lipinski definition) is 5. The maximum Gasteiger partial charge on any atom is 0.306 e. The van der Waals surface area contributed by atoms with E-state index in [9.17, 15) is 14.4 Å². The van der Waals surface area contributed by atoms with Crippen LogP contribution in [0.4, 0.5) is 0 Å². The number of aromatic nitrogens is 1. The first-order chi connectivity index (χ1) is 13.9. The molecule has 1 aromatic heterocycles. The lowest BCUT2D eigenvalue weighted by Crippen LogP contribution is -2.50. The Hall–Kier alpha value is -2.67. The van der Waals surface area contributed by atoms with Gasteiger partial charge in [0, 0.05) is 44.9 Å². The van der Waals surface area contributed by atoms with Gasteiger partial charge in [-0.3, -0.25) is 14.4 Å². The highest BCUT2D eigenvalue weighted by Gasteiger charge is 2.23. The molecule has 3 rings (SSSR count). The first-order valence-electron chi connectivity index (χ1n) is 9.59. The van der Waals surface area contributed by atoms with Crippen molar-refractivity contribution in [1.82, 2.24) is 14.8 Å². The number of halogens is 1. The summed E-state index contributed by atoms with van der Waals surface area (Å²) in [4.78, 5) is 43.6. The molecule has 0 N–H and O–H groups in total. The van der Waals surface area contributed by atoms with E-state index in [0.29, 0.717) is 36.9 Å². The first-order valence-corrected chi connectivity index (χ1v) is 9.97. The normalized spacial score (nSPS) is 14.2. The van der Waals surface area contributed by atoms with Crippen LogP contribution in [0.3, 0.4) is 0 Å². The smallest absolute Gasteiger partial charge is 0.306 e. The van der Waals surface area contributed by atoms with Gasteiger partial charge in [0.2, 0.25) is 11.8 Å². The summed E-state index contributed by atoms with van der Waals surface area (Å²) in [5.41, 5.74) is 2.19. The molecule has 1 saturated heterocycles. The van der Waals surface area contributed by atoms with E-state index >= 15 is 0 Å². The van der Waals surface area contributed by atoms with Gasteiger partial charge in [-0.2, -0.15) is 0 Å². The minimum atomic E-state index is -0.468. The van der Waals surface area contributed by atoms with Crippen LogP contribution in [-0.4, -0.2) is 58.7 Å². The second-order valence-corrected chi connectivity index (χ2v) is 7.44. The van der Waals surface area contributed by atoms with Gasteiger partial charge in [0.1, 0.15) is 6.61 Å². The zero-order valence-electron chi connectivity index (χ0n) is 16.6.